The molecule has 1 aromatic heterocycles. The number of hydrogen-bond acceptors (Lipinski definition) is 4. The van der Waals surface area contributed by atoms with E-state index in [-0.39, 0.29) is 0 Å². The van der Waals surface area contributed by atoms with Crippen LogP contribution in [0, 0.1) is 6.92 Å². The smallest absolute Gasteiger partial charge is 0.131 e. The molecule has 1 aliphatic heterocycles. The fourth-order valence-corrected chi connectivity index (χ4v) is 4.72. The van der Waals surface area contributed by atoms with Crippen molar-refractivity contribution in [1.29, 1.82) is 0 Å². The Morgan fingerprint density at radius 1 is 0.969 bits per heavy atom. The van der Waals surface area contributed by atoms with Crippen molar-refractivity contribution in [2.24, 2.45) is 0 Å². The summed E-state index contributed by atoms with van der Waals surface area (Å²) in [6, 6.07) is 24.3. The fourth-order valence-electron chi connectivity index (χ4n) is 4.55. The Kier molecular flexibility index (Phi) is 5.62. The molecule has 2 N–H and O–H groups in total. The highest BCUT2D eigenvalue weighted by Crippen LogP contribution is 2.34. The van der Waals surface area contributed by atoms with Gasteiger partial charge in [0, 0.05) is 40.4 Å². The number of rotatable bonds is 4. The summed E-state index contributed by atoms with van der Waals surface area (Å²) in [5, 5.41) is 15.2. The molecule has 0 radical (unpaired) electrons. The van der Waals surface area contributed by atoms with E-state index in [0.29, 0.717) is 16.7 Å². The van der Waals surface area contributed by atoms with Crippen LogP contribution in [0.5, 0.6) is 5.75 Å². The summed E-state index contributed by atoms with van der Waals surface area (Å²) in [6.07, 6.45) is 2.21. The van der Waals surface area contributed by atoms with Crippen LogP contribution in [0.15, 0.2) is 72.8 Å². The number of nitrogens with one attached hydrogen (secondary N) is 1. The van der Waals surface area contributed by atoms with Gasteiger partial charge in [-0.25, -0.2) is 4.98 Å². The highest BCUT2D eigenvalue weighted by Gasteiger charge is 2.22. The molecule has 0 spiro atoms. The van der Waals surface area contributed by atoms with Gasteiger partial charge < -0.3 is 15.3 Å². The summed E-state index contributed by atoms with van der Waals surface area (Å²) in [7, 11) is 0. The lowest BCUT2D eigenvalue weighted by molar-refractivity contribution is 0.468. The average molecular weight is 444 g/mol. The van der Waals surface area contributed by atoms with Gasteiger partial charge in [-0.3, -0.25) is 0 Å². The van der Waals surface area contributed by atoms with Crippen molar-refractivity contribution in [1.82, 2.24) is 4.98 Å². The van der Waals surface area contributed by atoms with Crippen LogP contribution in [0.2, 0.25) is 5.02 Å². The molecular weight excluding hydrogens is 418 g/mol. The molecule has 5 rings (SSSR count). The monoisotopic (exact) mass is 443 g/mol. The van der Waals surface area contributed by atoms with E-state index < -0.39 is 0 Å². The van der Waals surface area contributed by atoms with E-state index in [1.165, 1.54) is 5.56 Å². The Bertz CT molecular complexity index is 1250. The molecule has 4 nitrogen and oxygen atoms in total. The second kappa shape index (κ2) is 8.71. The summed E-state index contributed by atoms with van der Waals surface area (Å²) in [5.74, 6) is 1.73. The van der Waals surface area contributed by atoms with E-state index in [2.05, 4.69) is 51.6 Å². The molecule has 1 aliphatic rings. The molecule has 0 saturated carbocycles. The molecule has 1 saturated heterocycles. The first kappa shape index (κ1) is 20.7. The lowest BCUT2D eigenvalue weighted by Gasteiger charge is -2.35. The predicted octanol–water partition coefficient (Wildman–Crippen LogP) is 7.03. The second-order valence-corrected chi connectivity index (χ2v) is 8.90. The van der Waals surface area contributed by atoms with Gasteiger partial charge in [-0.2, -0.15) is 0 Å². The number of hydrogen-bond donors (Lipinski definition) is 2. The Hall–Kier alpha value is -3.24. The van der Waals surface area contributed by atoms with Gasteiger partial charge in [-0.1, -0.05) is 35.9 Å². The zero-order valence-corrected chi connectivity index (χ0v) is 18.8. The SMILES string of the molecule is Cc1c(O)cccc1N1CCC(c2ccc(Nc3ccc4ccc(Cl)cc4n3)cc2)CC1. The molecular formula is C27H26ClN3O. The number of pyridine rings is 1. The van der Waals surface area contributed by atoms with Crippen LogP contribution in [0.4, 0.5) is 17.2 Å². The van der Waals surface area contributed by atoms with Crippen molar-refractivity contribution < 1.29 is 5.11 Å². The molecule has 4 aromatic rings. The van der Waals surface area contributed by atoms with Gasteiger partial charge in [0.1, 0.15) is 11.6 Å². The van der Waals surface area contributed by atoms with Crippen LogP contribution in [-0.2, 0) is 0 Å². The van der Waals surface area contributed by atoms with E-state index in [4.69, 9.17) is 11.6 Å². The van der Waals surface area contributed by atoms with Crippen LogP contribution in [-0.4, -0.2) is 23.2 Å². The lowest BCUT2D eigenvalue weighted by atomic mass is 9.89. The number of phenols is 1. The number of phenolic OH excluding ortho intramolecular Hbond substituents is 1. The molecule has 5 heteroatoms. The van der Waals surface area contributed by atoms with E-state index in [1.807, 2.05) is 37.3 Å². The first-order valence-electron chi connectivity index (χ1n) is 11.0. The third-order valence-corrected chi connectivity index (χ3v) is 6.66. The molecule has 1 fully saturated rings. The van der Waals surface area contributed by atoms with Gasteiger partial charge in [-0.15, -0.1) is 0 Å². The Balaban J connectivity index is 1.24. The molecule has 32 heavy (non-hydrogen) atoms. The predicted molar refractivity (Wildman–Crippen MR) is 134 cm³/mol. The van der Waals surface area contributed by atoms with Gasteiger partial charge in [0.05, 0.1) is 5.52 Å². The third-order valence-electron chi connectivity index (χ3n) is 6.42. The molecule has 3 aromatic carbocycles. The number of nitrogens with zero attached hydrogens (tertiary/aromatic N) is 2. The van der Waals surface area contributed by atoms with Crippen molar-refractivity contribution in [2.75, 3.05) is 23.3 Å². The normalized spacial score (nSPS) is 14.6. The molecule has 0 amide bonds. The molecule has 2 heterocycles. The molecule has 0 aliphatic carbocycles. The summed E-state index contributed by atoms with van der Waals surface area (Å²) in [6.45, 7) is 3.98. The van der Waals surface area contributed by atoms with Gasteiger partial charge >= 0.3 is 0 Å². The molecule has 0 atom stereocenters. The van der Waals surface area contributed by atoms with Crippen molar-refractivity contribution in [3.05, 3.63) is 88.9 Å². The maximum Gasteiger partial charge on any atom is 0.131 e. The number of piperidine rings is 1. The Morgan fingerprint density at radius 3 is 2.50 bits per heavy atom. The number of halogens is 1. The Labute approximate surface area is 193 Å². The number of benzene rings is 3. The largest absolute Gasteiger partial charge is 0.508 e. The van der Waals surface area contributed by atoms with Crippen LogP contribution in [0.3, 0.4) is 0 Å². The fraction of sp³-hybridized carbons (Fsp3) is 0.222. The molecule has 162 valence electrons. The average Bonchev–Trinajstić information content (AvgIpc) is 2.81. The number of anilines is 3. The number of fused-ring (bicyclic) bond motifs is 1. The molecule has 0 bridgehead atoms. The van der Waals surface area contributed by atoms with Crippen molar-refractivity contribution in [2.45, 2.75) is 25.7 Å². The Morgan fingerprint density at radius 2 is 1.72 bits per heavy atom. The summed E-state index contributed by atoms with van der Waals surface area (Å²) >= 11 is 6.11. The summed E-state index contributed by atoms with van der Waals surface area (Å²) in [4.78, 5) is 7.06. The minimum Gasteiger partial charge on any atom is -0.508 e. The van der Waals surface area contributed by atoms with Gasteiger partial charge in [0.2, 0.25) is 0 Å². The maximum atomic E-state index is 10.0. The highest BCUT2D eigenvalue weighted by atomic mass is 35.5. The van der Waals surface area contributed by atoms with Crippen LogP contribution >= 0.6 is 11.6 Å². The summed E-state index contributed by atoms with van der Waals surface area (Å²) in [5.41, 5.74) is 5.39. The van der Waals surface area contributed by atoms with Crippen LogP contribution in [0.1, 0.15) is 29.9 Å². The molecule has 0 unspecified atom stereocenters. The first-order valence-corrected chi connectivity index (χ1v) is 11.4. The highest BCUT2D eigenvalue weighted by molar-refractivity contribution is 6.31. The third kappa shape index (κ3) is 4.23. The van der Waals surface area contributed by atoms with Crippen molar-refractivity contribution in [3.63, 3.8) is 0 Å². The first-order chi connectivity index (χ1) is 15.6. The van der Waals surface area contributed by atoms with Gasteiger partial charge in [-0.05, 0) is 79.8 Å². The van der Waals surface area contributed by atoms with E-state index in [9.17, 15) is 5.11 Å². The van der Waals surface area contributed by atoms with E-state index in [0.717, 1.165) is 59.6 Å². The maximum absolute atomic E-state index is 10.0. The van der Waals surface area contributed by atoms with Gasteiger partial charge in [0.15, 0.2) is 0 Å². The van der Waals surface area contributed by atoms with Crippen molar-refractivity contribution in [3.8, 4) is 5.75 Å². The standard InChI is InChI=1S/C27H26ClN3O/c1-18-25(3-2-4-26(18)32)31-15-13-20(14-16-31)19-6-10-23(11-7-19)29-27-12-8-21-5-9-22(28)17-24(21)30-27/h2-12,17,20,32H,13-16H2,1H3,(H,29,30). The minimum atomic E-state index is 0.372. The number of aromatic nitrogens is 1. The minimum absolute atomic E-state index is 0.372. The number of aromatic hydroxyl groups is 1. The zero-order valence-electron chi connectivity index (χ0n) is 18.1. The summed E-state index contributed by atoms with van der Waals surface area (Å²) < 4.78 is 0. The van der Waals surface area contributed by atoms with Crippen LogP contribution < -0.4 is 10.2 Å². The lowest BCUT2D eigenvalue weighted by Crippen LogP contribution is -2.33. The quantitative estimate of drug-likeness (QED) is 0.355. The topological polar surface area (TPSA) is 48.4 Å². The zero-order chi connectivity index (χ0) is 22.1. The van der Waals surface area contributed by atoms with Crippen molar-refractivity contribution >= 4 is 39.7 Å². The van der Waals surface area contributed by atoms with Crippen LogP contribution in [0.25, 0.3) is 10.9 Å². The van der Waals surface area contributed by atoms with E-state index in [1.54, 1.807) is 6.07 Å². The van der Waals surface area contributed by atoms with E-state index >= 15 is 0 Å². The van der Waals surface area contributed by atoms with Gasteiger partial charge in [0.25, 0.3) is 0 Å². The second-order valence-electron chi connectivity index (χ2n) is 8.46.